The van der Waals surface area contributed by atoms with E-state index in [2.05, 4.69) is 25.8 Å². The summed E-state index contributed by atoms with van der Waals surface area (Å²) in [4.78, 5) is 17.1. The average molecular weight is 325 g/mol. The van der Waals surface area contributed by atoms with Gasteiger partial charge in [-0.2, -0.15) is 0 Å². The molecule has 3 aromatic heterocycles. The Morgan fingerprint density at radius 1 is 1.33 bits per heavy atom. The molecule has 4 rings (SSSR count). The van der Waals surface area contributed by atoms with Gasteiger partial charge in [0.2, 0.25) is 5.91 Å². The number of imidazole rings is 1. The number of amides is 1. The molecule has 4 heterocycles. The Labute approximate surface area is 138 Å². The van der Waals surface area contributed by atoms with Crippen molar-refractivity contribution in [1.82, 2.24) is 34.9 Å². The van der Waals surface area contributed by atoms with E-state index < -0.39 is 0 Å². The molecule has 0 aromatic carbocycles. The lowest BCUT2D eigenvalue weighted by Crippen LogP contribution is -2.32. The molecule has 124 valence electrons. The van der Waals surface area contributed by atoms with Crippen molar-refractivity contribution >= 4 is 11.6 Å². The minimum absolute atomic E-state index is 0.00304. The van der Waals surface area contributed by atoms with Crippen LogP contribution in [0.2, 0.25) is 0 Å². The first-order valence-corrected chi connectivity index (χ1v) is 8.27. The normalized spacial score (nSPS) is 17.4. The molecular formula is C16H19N7O. The smallest absolute Gasteiger partial charge is 0.230 e. The molecule has 0 fully saturated rings. The van der Waals surface area contributed by atoms with Crippen molar-refractivity contribution in [2.75, 3.05) is 6.54 Å². The second kappa shape index (κ2) is 6.38. The zero-order valence-electron chi connectivity index (χ0n) is 13.3. The largest absolute Gasteiger partial charge is 0.355 e. The summed E-state index contributed by atoms with van der Waals surface area (Å²) in [6.45, 7) is 1.34. The fraction of sp³-hybridized carbons (Fsp3) is 0.438. The van der Waals surface area contributed by atoms with Crippen molar-refractivity contribution < 1.29 is 4.79 Å². The van der Waals surface area contributed by atoms with Gasteiger partial charge in [-0.05, 0) is 35.4 Å². The van der Waals surface area contributed by atoms with Gasteiger partial charge in [-0.3, -0.25) is 4.79 Å². The quantitative estimate of drug-likeness (QED) is 0.771. The van der Waals surface area contributed by atoms with E-state index in [1.54, 1.807) is 4.68 Å². The minimum Gasteiger partial charge on any atom is -0.355 e. The summed E-state index contributed by atoms with van der Waals surface area (Å²) in [5.41, 5.74) is 1.88. The second-order valence-corrected chi connectivity index (χ2v) is 6.05. The number of pyridine rings is 1. The monoisotopic (exact) mass is 325 g/mol. The number of rotatable bonds is 4. The molecule has 1 amide bonds. The maximum Gasteiger partial charge on any atom is 0.230 e. The molecule has 0 saturated heterocycles. The molecule has 24 heavy (non-hydrogen) atoms. The number of nitrogens with zero attached hydrogens (tertiary/aromatic N) is 6. The minimum atomic E-state index is -0.261. The second-order valence-electron chi connectivity index (χ2n) is 6.05. The van der Waals surface area contributed by atoms with Gasteiger partial charge in [0.25, 0.3) is 0 Å². The molecule has 0 unspecified atom stereocenters. The van der Waals surface area contributed by atoms with E-state index in [0.717, 1.165) is 37.1 Å². The van der Waals surface area contributed by atoms with Crippen LogP contribution in [0.4, 0.5) is 0 Å². The molecule has 0 bridgehead atoms. The number of carbonyl (C=O) groups excluding carboxylic acids is 1. The van der Waals surface area contributed by atoms with Gasteiger partial charge < -0.3 is 9.72 Å². The zero-order valence-corrected chi connectivity index (χ0v) is 13.3. The number of fused-ring (bicyclic) bond motifs is 2. The van der Waals surface area contributed by atoms with Gasteiger partial charge in [-0.15, -0.1) is 5.10 Å². The summed E-state index contributed by atoms with van der Waals surface area (Å²) in [7, 11) is 0. The van der Waals surface area contributed by atoms with Crippen LogP contribution in [-0.2, 0) is 17.8 Å². The Kier molecular flexibility index (Phi) is 3.94. The summed E-state index contributed by atoms with van der Waals surface area (Å²) >= 11 is 0. The number of aryl methyl sites for hydroxylation is 1. The lowest BCUT2D eigenvalue weighted by molar-refractivity contribution is -0.122. The number of nitrogens with one attached hydrogen (secondary N) is 1. The van der Waals surface area contributed by atoms with E-state index in [0.29, 0.717) is 18.8 Å². The molecule has 1 N–H and O–H groups in total. The molecule has 8 heteroatoms. The fourth-order valence-electron chi connectivity index (χ4n) is 3.15. The van der Waals surface area contributed by atoms with Gasteiger partial charge in [0.05, 0.1) is 11.6 Å². The molecule has 8 nitrogen and oxygen atoms in total. The highest BCUT2D eigenvalue weighted by atomic mass is 16.1. The van der Waals surface area contributed by atoms with Crippen LogP contribution < -0.4 is 5.32 Å². The van der Waals surface area contributed by atoms with E-state index in [4.69, 9.17) is 0 Å². The van der Waals surface area contributed by atoms with Gasteiger partial charge in [-0.25, -0.2) is 9.67 Å². The highest BCUT2D eigenvalue weighted by molar-refractivity contribution is 5.82. The van der Waals surface area contributed by atoms with E-state index >= 15 is 0 Å². The standard InChI is InChI=1S/C16H19N7O/c24-16(13-5-1-4-10-23-15(13)19-20-21-23)17-8-7-12-11-22-9-3-2-6-14(22)18-12/h2-3,6,9,11,13H,1,4-5,7-8,10H2,(H,17,24)/t13-/m1/s1. The number of aromatic nitrogens is 6. The third-order valence-corrected chi connectivity index (χ3v) is 4.39. The Morgan fingerprint density at radius 2 is 2.29 bits per heavy atom. The molecule has 0 spiro atoms. The Hall–Kier alpha value is -2.77. The molecule has 1 atom stereocenters. The van der Waals surface area contributed by atoms with Crippen molar-refractivity contribution in [2.45, 2.75) is 38.1 Å². The van der Waals surface area contributed by atoms with Crippen molar-refractivity contribution in [1.29, 1.82) is 0 Å². The first-order chi connectivity index (χ1) is 11.8. The predicted molar refractivity (Wildman–Crippen MR) is 86.3 cm³/mol. The molecule has 0 saturated carbocycles. The Morgan fingerprint density at radius 3 is 3.21 bits per heavy atom. The summed E-state index contributed by atoms with van der Waals surface area (Å²) in [6, 6.07) is 5.90. The van der Waals surface area contributed by atoms with Crippen molar-refractivity contribution in [3.8, 4) is 0 Å². The van der Waals surface area contributed by atoms with E-state index in [9.17, 15) is 4.79 Å². The zero-order chi connectivity index (χ0) is 16.4. The third-order valence-electron chi connectivity index (χ3n) is 4.39. The molecular weight excluding hydrogens is 306 g/mol. The number of hydrogen-bond donors (Lipinski definition) is 1. The van der Waals surface area contributed by atoms with Crippen molar-refractivity contribution in [3.63, 3.8) is 0 Å². The third kappa shape index (κ3) is 2.86. The number of tetrazole rings is 1. The molecule has 0 aliphatic carbocycles. The van der Waals surface area contributed by atoms with Crippen LogP contribution in [-0.4, -0.2) is 42.0 Å². The highest BCUT2D eigenvalue weighted by Gasteiger charge is 2.28. The molecule has 0 radical (unpaired) electrons. The fourth-order valence-corrected chi connectivity index (χ4v) is 3.15. The van der Waals surface area contributed by atoms with Crippen molar-refractivity contribution in [3.05, 3.63) is 42.1 Å². The topological polar surface area (TPSA) is 90.0 Å². The summed E-state index contributed by atoms with van der Waals surface area (Å²) in [5.74, 6) is 0.415. The number of hydrogen-bond acceptors (Lipinski definition) is 5. The van der Waals surface area contributed by atoms with Crippen LogP contribution in [0.3, 0.4) is 0 Å². The van der Waals surface area contributed by atoms with Crippen LogP contribution >= 0.6 is 0 Å². The van der Waals surface area contributed by atoms with Gasteiger partial charge in [0.1, 0.15) is 5.65 Å². The highest BCUT2D eigenvalue weighted by Crippen LogP contribution is 2.23. The van der Waals surface area contributed by atoms with Crippen LogP contribution in [0.1, 0.15) is 36.7 Å². The van der Waals surface area contributed by atoms with E-state index in [1.165, 1.54) is 0 Å². The Balaban J connectivity index is 1.38. The molecule has 1 aliphatic heterocycles. The first kappa shape index (κ1) is 14.8. The van der Waals surface area contributed by atoms with Crippen molar-refractivity contribution in [2.24, 2.45) is 0 Å². The summed E-state index contributed by atoms with van der Waals surface area (Å²) in [6.07, 6.45) is 7.45. The van der Waals surface area contributed by atoms with Crippen LogP contribution in [0, 0.1) is 0 Å². The van der Waals surface area contributed by atoms with Crippen LogP contribution in [0.25, 0.3) is 5.65 Å². The van der Waals surface area contributed by atoms with Gasteiger partial charge in [0.15, 0.2) is 5.82 Å². The maximum atomic E-state index is 12.5. The molecule has 1 aliphatic rings. The Bertz CT molecular complexity index is 820. The summed E-state index contributed by atoms with van der Waals surface area (Å²) in [5, 5.41) is 14.7. The van der Waals surface area contributed by atoms with E-state index in [1.807, 2.05) is 35.0 Å². The average Bonchev–Trinajstić information content (AvgIpc) is 3.16. The van der Waals surface area contributed by atoms with Crippen LogP contribution in [0.15, 0.2) is 30.6 Å². The lowest BCUT2D eigenvalue weighted by atomic mass is 10.0. The lowest BCUT2D eigenvalue weighted by Gasteiger charge is -2.12. The van der Waals surface area contributed by atoms with Gasteiger partial charge >= 0.3 is 0 Å². The molecule has 3 aromatic rings. The SMILES string of the molecule is O=C(NCCc1cn2ccccc2n1)[C@@H]1CCCCn2nnnc21. The maximum absolute atomic E-state index is 12.5. The van der Waals surface area contributed by atoms with E-state index in [-0.39, 0.29) is 11.8 Å². The number of carbonyl (C=O) groups is 1. The first-order valence-electron chi connectivity index (χ1n) is 8.27. The predicted octanol–water partition coefficient (Wildman–Crippen LogP) is 0.947. The van der Waals surface area contributed by atoms with Gasteiger partial charge in [-0.1, -0.05) is 12.5 Å². The summed E-state index contributed by atoms with van der Waals surface area (Å²) < 4.78 is 3.73. The van der Waals surface area contributed by atoms with Crippen LogP contribution in [0.5, 0.6) is 0 Å². The van der Waals surface area contributed by atoms with Gasteiger partial charge in [0, 0.05) is 31.9 Å².